The molecular formula is C22H28FN3O2. The molecule has 0 bridgehead atoms. The van der Waals surface area contributed by atoms with E-state index in [1.165, 1.54) is 25.0 Å². The van der Waals surface area contributed by atoms with E-state index in [1.54, 1.807) is 6.07 Å². The van der Waals surface area contributed by atoms with Crippen LogP contribution in [0.2, 0.25) is 0 Å². The maximum atomic E-state index is 13.3. The first-order valence-electron chi connectivity index (χ1n) is 10.3. The van der Waals surface area contributed by atoms with Crippen molar-refractivity contribution in [3.05, 3.63) is 58.1 Å². The van der Waals surface area contributed by atoms with E-state index in [0.717, 1.165) is 56.0 Å². The fraction of sp³-hybridized carbons (Fsp3) is 0.500. The minimum Gasteiger partial charge on any atom is -0.378 e. The van der Waals surface area contributed by atoms with Crippen LogP contribution in [0.3, 0.4) is 0 Å². The van der Waals surface area contributed by atoms with Gasteiger partial charge in [-0.15, -0.1) is 0 Å². The zero-order valence-corrected chi connectivity index (χ0v) is 16.2. The van der Waals surface area contributed by atoms with Gasteiger partial charge in [-0.05, 0) is 37.0 Å². The Hall–Kier alpha value is -2.34. The molecule has 5 nitrogen and oxygen atoms in total. The molecule has 0 amide bonds. The topological polar surface area (TPSA) is 48.6 Å². The molecule has 3 heterocycles. The number of hydrogen-bond acceptors (Lipinski definition) is 4. The molecule has 1 N–H and O–H groups in total. The van der Waals surface area contributed by atoms with Gasteiger partial charge in [0.05, 0.1) is 13.2 Å². The van der Waals surface area contributed by atoms with Gasteiger partial charge in [-0.3, -0.25) is 4.79 Å². The van der Waals surface area contributed by atoms with Crippen LogP contribution >= 0.6 is 0 Å². The zero-order chi connectivity index (χ0) is 19.3. The average Bonchev–Trinajstić information content (AvgIpc) is 2.95. The molecule has 2 aliphatic rings. The number of ether oxygens (including phenoxy) is 1. The summed E-state index contributed by atoms with van der Waals surface area (Å²) in [6.45, 7) is 3.93. The first-order chi connectivity index (χ1) is 13.7. The van der Waals surface area contributed by atoms with E-state index in [2.05, 4.69) is 20.9 Å². The number of aromatic amines is 1. The van der Waals surface area contributed by atoms with E-state index in [1.807, 2.05) is 12.1 Å². The van der Waals surface area contributed by atoms with Crippen LogP contribution in [0.25, 0.3) is 0 Å². The van der Waals surface area contributed by atoms with Gasteiger partial charge in [-0.25, -0.2) is 4.39 Å². The van der Waals surface area contributed by atoms with Gasteiger partial charge in [-0.1, -0.05) is 25.0 Å². The normalized spacial score (nSPS) is 20.8. The zero-order valence-electron chi connectivity index (χ0n) is 16.2. The Balaban J connectivity index is 1.61. The summed E-state index contributed by atoms with van der Waals surface area (Å²) in [5.74, 6) is 0.687. The molecule has 4 rings (SSSR count). The standard InChI is InChI=1S/C22H28FN3O2/c23-18-7-5-17(6-8-18)14-19-4-2-1-3-9-26(19)21-15-20(16-22(27)24-21)25-10-12-28-13-11-25/h5-8,15-16,19H,1-4,9-14H2,(H,24,27)/t19-/m1/s1. The van der Waals surface area contributed by atoms with Crippen molar-refractivity contribution >= 4 is 11.5 Å². The van der Waals surface area contributed by atoms with E-state index < -0.39 is 0 Å². The fourth-order valence-electron chi connectivity index (χ4n) is 4.27. The van der Waals surface area contributed by atoms with Crippen molar-refractivity contribution in [1.82, 2.24) is 4.98 Å². The summed E-state index contributed by atoms with van der Waals surface area (Å²) in [5.41, 5.74) is 2.03. The third-order valence-corrected chi connectivity index (χ3v) is 5.76. The summed E-state index contributed by atoms with van der Waals surface area (Å²) in [6, 6.07) is 10.9. The summed E-state index contributed by atoms with van der Waals surface area (Å²) < 4.78 is 18.7. The lowest BCUT2D eigenvalue weighted by molar-refractivity contribution is 0.122. The Morgan fingerprint density at radius 2 is 1.82 bits per heavy atom. The monoisotopic (exact) mass is 385 g/mol. The van der Waals surface area contributed by atoms with Crippen LogP contribution < -0.4 is 15.4 Å². The summed E-state index contributed by atoms with van der Waals surface area (Å²) in [4.78, 5) is 20.0. The Morgan fingerprint density at radius 1 is 1.04 bits per heavy atom. The predicted octanol–water partition coefficient (Wildman–Crippen LogP) is 3.34. The summed E-state index contributed by atoms with van der Waals surface area (Å²) in [6.07, 6.45) is 5.41. The number of pyridine rings is 1. The molecule has 1 aromatic heterocycles. The van der Waals surface area contributed by atoms with Gasteiger partial charge in [-0.2, -0.15) is 0 Å². The van der Waals surface area contributed by atoms with Crippen LogP contribution in [-0.4, -0.2) is 43.9 Å². The van der Waals surface area contributed by atoms with Crippen LogP contribution in [0.15, 0.2) is 41.2 Å². The molecule has 0 radical (unpaired) electrons. The second-order valence-electron chi connectivity index (χ2n) is 7.71. The second-order valence-corrected chi connectivity index (χ2v) is 7.71. The van der Waals surface area contributed by atoms with Gasteiger partial charge < -0.3 is 19.5 Å². The molecule has 1 aromatic carbocycles. The average molecular weight is 385 g/mol. The molecule has 28 heavy (non-hydrogen) atoms. The van der Waals surface area contributed by atoms with Crippen molar-refractivity contribution in [2.24, 2.45) is 0 Å². The van der Waals surface area contributed by atoms with Crippen molar-refractivity contribution in [3.63, 3.8) is 0 Å². The van der Waals surface area contributed by atoms with E-state index in [-0.39, 0.29) is 11.4 Å². The number of hydrogen-bond donors (Lipinski definition) is 1. The van der Waals surface area contributed by atoms with Crippen molar-refractivity contribution in [2.75, 3.05) is 42.6 Å². The highest BCUT2D eigenvalue weighted by atomic mass is 19.1. The lowest BCUT2D eigenvalue weighted by Gasteiger charge is -2.34. The molecule has 0 aliphatic carbocycles. The number of rotatable bonds is 4. The van der Waals surface area contributed by atoms with Crippen molar-refractivity contribution in [1.29, 1.82) is 0 Å². The molecule has 150 valence electrons. The van der Waals surface area contributed by atoms with Crippen molar-refractivity contribution < 1.29 is 9.13 Å². The number of aromatic nitrogens is 1. The van der Waals surface area contributed by atoms with Gasteiger partial charge in [0.1, 0.15) is 11.6 Å². The minimum absolute atomic E-state index is 0.0660. The highest BCUT2D eigenvalue weighted by Gasteiger charge is 2.24. The summed E-state index contributed by atoms with van der Waals surface area (Å²) in [7, 11) is 0. The van der Waals surface area contributed by atoms with Gasteiger partial charge in [0.2, 0.25) is 0 Å². The largest absolute Gasteiger partial charge is 0.378 e. The molecule has 0 spiro atoms. The molecule has 0 unspecified atom stereocenters. The quantitative estimate of drug-likeness (QED) is 0.877. The molecule has 2 aliphatic heterocycles. The molecule has 2 saturated heterocycles. The molecular weight excluding hydrogens is 357 g/mol. The third kappa shape index (κ3) is 4.55. The lowest BCUT2D eigenvalue weighted by Crippen LogP contribution is -2.39. The highest BCUT2D eigenvalue weighted by molar-refractivity contribution is 5.56. The molecule has 0 saturated carbocycles. The highest BCUT2D eigenvalue weighted by Crippen LogP contribution is 2.27. The van der Waals surface area contributed by atoms with Crippen molar-refractivity contribution in [2.45, 2.75) is 38.1 Å². The first kappa shape index (κ1) is 19.0. The number of anilines is 2. The number of benzene rings is 1. The van der Waals surface area contributed by atoms with Crippen LogP contribution in [0, 0.1) is 5.82 Å². The van der Waals surface area contributed by atoms with Gasteiger partial charge in [0, 0.05) is 43.5 Å². The number of nitrogens with zero attached hydrogens (tertiary/aromatic N) is 2. The Kier molecular flexibility index (Phi) is 5.95. The van der Waals surface area contributed by atoms with Crippen LogP contribution in [0.1, 0.15) is 31.2 Å². The Morgan fingerprint density at radius 3 is 2.61 bits per heavy atom. The second kappa shape index (κ2) is 8.78. The smallest absolute Gasteiger partial charge is 0.251 e. The number of halogens is 1. The maximum Gasteiger partial charge on any atom is 0.251 e. The van der Waals surface area contributed by atoms with Gasteiger partial charge >= 0.3 is 0 Å². The Bertz CT molecular complexity index is 830. The predicted molar refractivity (Wildman–Crippen MR) is 110 cm³/mol. The third-order valence-electron chi connectivity index (χ3n) is 5.76. The van der Waals surface area contributed by atoms with Gasteiger partial charge in [0.15, 0.2) is 0 Å². The lowest BCUT2D eigenvalue weighted by atomic mass is 10.0. The van der Waals surface area contributed by atoms with E-state index in [0.29, 0.717) is 19.3 Å². The summed E-state index contributed by atoms with van der Waals surface area (Å²) in [5, 5.41) is 0. The SMILES string of the molecule is O=c1cc(N2CCOCC2)cc(N2CCCCC[C@@H]2Cc2ccc(F)cc2)[nH]1. The minimum atomic E-state index is -0.205. The number of nitrogens with one attached hydrogen (secondary N) is 1. The van der Waals surface area contributed by atoms with Gasteiger partial charge in [0.25, 0.3) is 5.56 Å². The molecule has 1 atom stereocenters. The van der Waals surface area contributed by atoms with Crippen molar-refractivity contribution in [3.8, 4) is 0 Å². The number of H-pyrrole nitrogens is 1. The van der Waals surface area contributed by atoms with E-state index in [4.69, 9.17) is 4.74 Å². The molecule has 2 aromatic rings. The first-order valence-corrected chi connectivity index (χ1v) is 10.3. The van der Waals surface area contributed by atoms with Crippen LogP contribution in [0.5, 0.6) is 0 Å². The Labute approximate surface area is 165 Å². The van der Waals surface area contributed by atoms with E-state index >= 15 is 0 Å². The van der Waals surface area contributed by atoms with E-state index in [9.17, 15) is 9.18 Å². The fourth-order valence-corrected chi connectivity index (χ4v) is 4.27. The van der Waals surface area contributed by atoms with Crippen LogP contribution in [-0.2, 0) is 11.2 Å². The van der Waals surface area contributed by atoms with Crippen LogP contribution in [0.4, 0.5) is 15.9 Å². The summed E-state index contributed by atoms with van der Waals surface area (Å²) >= 11 is 0. The maximum absolute atomic E-state index is 13.3. The number of morpholine rings is 1. The molecule has 2 fully saturated rings. The molecule has 6 heteroatoms.